The minimum atomic E-state index is -0.581. The standard InChI is InChI=1S/C10H17NO2/c1-4-13-10(12)9(7-11)6-5-8(2)3/h8-9H,4-6H2,1-3H3/t9-/m1/s1. The first kappa shape index (κ1) is 12.0. The molecule has 1 atom stereocenters. The highest BCUT2D eigenvalue weighted by atomic mass is 16.5. The van der Waals surface area contributed by atoms with Crippen LogP contribution < -0.4 is 0 Å². The molecule has 0 rings (SSSR count). The van der Waals surface area contributed by atoms with Crippen molar-refractivity contribution >= 4 is 5.97 Å². The Bertz CT molecular complexity index is 194. The zero-order valence-electron chi connectivity index (χ0n) is 8.54. The molecular formula is C10H17NO2. The van der Waals surface area contributed by atoms with E-state index < -0.39 is 5.92 Å². The fourth-order valence-corrected chi connectivity index (χ4v) is 0.978. The number of hydrogen-bond donors (Lipinski definition) is 0. The molecule has 0 N–H and O–H groups in total. The summed E-state index contributed by atoms with van der Waals surface area (Å²) in [5.74, 6) is -0.446. The maximum Gasteiger partial charge on any atom is 0.323 e. The van der Waals surface area contributed by atoms with Gasteiger partial charge in [0.25, 0.3) is 0 Å². The van der Waals surface area contributed by atoms with Crippen LogP contribution in [0.3, 0.4) is 0 Å². The van der Waals surface area contributed by atoms with Crippen LogP contribution in [0.2, 0.25) is 0 Å². The van der Waals surface area contributed by atoms with E-state index in [1.54, 1.807) is 6.92 Å². The summed E-state index contributed by atoms with van der Waals surface area (Å²) < 4.78 is 4.77. The summed E-state index contributed by atoms with van der Waals surface area (Å²) in [7, 11) is 0. The highest BCUT2D eigenvalue weighted by Crippen LogP contribution is 2.12. The number of carbonyl (C=O) groups excluding carboxylic acids is 1. The molecule has 74 valence electrons. The Morgan fingerprint density at radius 2 is 2.08 bits per heavy atom. The molecule has 0 saturated carbocycles. The zero-order chi connectivity index (χ0) is 10.3. The number of nitriles is 1. The Morgan fingerprint density at radius 1 is 1.46 bits per heavy atom. The van der Waals surface area contributed by atoms with Gasteiger partial charge in [-0.2, -0.15) is 5.26 Å². The average Bonchev–Trinajstić information content (AvgIpc) is 2.05. The molecule has 0 spiro atoms. The predicted molar refractivity (Wildman–Crippen MR) is 49.8 cm³/mol. The third-order valence-corrected chi connectivity index (χ3v) is 1.76. The summed E-state index contributed by atoms with van der Waals surface area (Å²) in [6.07, 6.45) is 1.49. The van der Waals surface area contributed by atoms with Gasteiger partial charge in [-0.1, -0.05) is 13.8 Å². The Hall–Kier alpha value is -1.04. The molecule has 0 amide bonds. The predicted octanol–water partition coefficient (Wildman–Crippen LogP) is 2.13. The van der Waals surface area contributed by atoms with Gasteiger partial charge >= 0.3 is 5.97 Å². The van der Waals surface area contributed by atoms with Crippen molar-refractivity contribution in [1.29, 1.82) is 5.26 Å². The Morgan fingerprint density at radius 3 is 2.46 bits per heavy atom. The molecule has 0 aromatic carbocycles. The molecule has 0 heterocycles. The van der Waals surface area contributed by atoms with E-state index >= 15 is 0 Å². The van der Waals surface area contributed by atoms with Crippen molar-refractivity contribution in [2.75, 3.05) is 6.61 Å². The maximum atomic E-state index is 11.1. The van der Waals surface area contributed by atoms with Crippen LogP contribution in [0.25, 0.3) is 0 Å². The van der Waals surface area contributed by atoms with E-state index in [0.29, 0.717) is 18.9 Å². The summed E-state index contributed by atoms with van der Waals surface area (Å²) in [6, 6.07) is 1.97. The van der Waals surface area contributed by atoms with E-state index in [-0.39, 0.29) is 5.97 Å². The van der Waals surface area contributed by atoms with Crippen molar-refractivity contribution in [2.45, 2.75) is 33.6 Å². The monoisotopic (exact) mass is 183 g/mol. The molecule has 0 saturated heterocycles. The SMILES string of the molecule is CCOC(=O)[C@@H](C#N)CCC(C)C. The van der Waals surface area contributed by atoms with Crippen LogP contribution in [0, 0.1) is 23.2 Å². The fourth-order valence-electron chi connectivity index (χ4n) is 0.978. The topological polar surface area (TPSA) is 50.1 Å². The fraction of sp³-hybridized carbons (Fsp3) is 0.800. The van der Waals surface area contributed by atoms with E-state index in [0.717, 1.165) is 6.42 Å². The van der Waals surface area contributed by atoms with Crippen LogP contribution in [0.4, 0.5) is 0 Å². The van der Waals surface area contributed by atoms with Gasteiger partial charge in [0, 0.05) is 0 Å². The second kappa shape index (κ2) is 6.47. The first-order valence-corrected chi connectivity index (χ1v) is 4.68. The molecule has 0 unspecified atom stereocenters. The third-order valence-electron chi connectivity index (χ3n) is 1.76. The summed E-state index contributed by atoms with van der Waals surface area (Å²) in [5.41, 5.74) is 0. The molecule has 0 aromatic rings. The number of ether oxygens (including phenoxy) is 1. The van der Waals surface area contributed by atoms with Gasteiger partial charge in [-0.3, -0.25) is 4.79 Å². The maximum absolute atomic E-state index is 11.1. The Balaban J connectivity index is 3.90. The molecule has 0 bridgehead atoms. The molecule has 0 aliphatic rings. The van der Waals surface area contributed by atoms with Gasteiger partial charge in [0.1, 0.15) is 5.92 Å². The van der Waals surface area contributed by atoms with Crippen LogP contribution in [0.1, 0.15) is 33.6 Å². The molecule has 0 aliphatic heterocycles. The lowest BCUT2D eigenvalue weighted by molar-refractivity contribution is -0.146. The van der Waals surface area contributed by atoms with Crippen molar-refractivity contribution in [2.24, 2.45) is 11.8 Å². The largest absolute Gasteiger partial charge is 0.465 e. The highest BCUT2D eigenvalue weighted by Gasteiger charge is 2.18. The van der Waals surface area contributed by atoms with Crippen LogP contribution in [0.5, 0.6) is 0 Å². The zero-order valence-corrected chi connectivity index (χ0v) is 8.54. The number of carbonyl (C=O) groups is 1. The molecule has 3 heteroatoms. The molecule has 0 aliphatic carbocycles. The second-order valence-corrected chi connectivity index (χ2v) is 3.40. The quantitative estimate of drug-likeness (QED) is 0.613. The molecule has 0 fully saturated rings. The molecular weight excluding hydrogens is 166 g/mol. The van der Waals surface area contributed by atoms with E-state index in [1.807, 2.05) is 6.07 Å². The lowest BCUT2D eigenvalue weighted by Gasteiger charge is -2.09. The third kappa shape index (κ3) is 5.24. The van der Waals surface area contributed by atoms with E-state index in [4.69, 9.17) is 10.00 Å². The summed E-state index contributed by atoms with van der Waals surface area (Å²) in [5, 5.41) is 8.69. The van der Waals surface area contributed by atoms with Crippen molar-refractivity contribution in [3.8, 4) is 6.07 Å². The number of hydrogen-bond acceptors (Lipinski definition) is 3. The molecule has 13 heavy (non-hydrogen) atoms. The summed E-state index contributed by atoms with van der Waals surface area (Å²) in [4.78, 5) is 11.1. The minimum absolute atomic E-state index is 0.346. The first-order chi connectivity index (χ1) is 6.11. The van der Waals surface area contributed by atoms with Gasteiger partial charge in [-0.05, 0) is 25.7 Å². The van der Waals surface area contributed by atoms with Gasteiger partial charge in [-0.25, -0.2) is 0 Å². The average molecular weight is 183 g/mol. The lowest BCUT2D eigenvalue weighted by atomic mass is 9.99. The molecule has 3 nitrogen and oxygen atoms in total. The smallest absolute Gasteiger partial charge is 0.323 e. The van der Waals surface area contributed by atoms with Crippen LogP contribution in [-0.2, 0) is 9.53 Å². The summed E-state index contributed by atoms with van der Waals surface area (Å²) in [6.45, 7) is 6.23. The Labute approximate surface area is 79.7 Å². The molecule has 0 aromatic heterocycles. The second-order valence-electron chi connectivity index (χ2n) is 3.40. The van der Waals surface area contributed by atoms with Gasteiger partial charge < -0.3 is 4.74 Å². The van der Waals surface area contributed by atoms with Crippen molar-refractivity contribution < 1.29 is 9.53 Å². The van der Waals surface area contributed by atoms with Crippen LogP contribution in [-0.4, -0.2) is 12.6 Å². The van der Waals surface area contributed by atoms with E-state index in [2.05, 4.69) is 13.8 Å². The van der Waals surface area contributed by atoms with Crippen molar-refractivity contribution in [3.63, 3.8) is 0 Å². The number of nitrogens with zero attached hydrogens (tertiary/aromatic N) is 1. The number of rotatable bonds is 5. The first-order valence-electron chi connectivity index (χ1n) is 4.68. The van der Waals surface area contributed by atoms with E-state index in [1.165, 1.54) is 0 Å². The normalized spacial score (nSPS) is 12.2. The highest BCUT2D eigenvalue weighted by molar-refractivity contribution is 5.75. The minimum Gasteiger partial charge on any atom is -0.465 e. The van der Waals surface area contributed by atoms with E-state index in [9.17, 15) is 4.79 Å². The van der Waals surface area contributed by atoms with Gasteiger partial charge in [-0.15, -0.1) is 0 Å². The summed E-state index contributed by atoms with van der Waals surface area (Å²) >= 11 is 0. The molecule has 0 radical (unpaired) electrons. The van der Waals surface area contributed by atoms with Crippen molar-refractivity contribution in [3.05, 3.63) is 0 Å². The van der Waals surface area contributed by atoms with Gasteiger partial charge in [0.15, 0.2) is 0 Å². The van der Waals surface area contributed by atoms with Crippen LogP contribution >= 0.6 is 0 Å². The van der Waals surface area contributed by atoms with Gasteiger partial charge in [0.2, 0.25) is 0 Å². The van der Waals surface area contributed by atoms with Crippen LogP contribution in [0.15, 0.2) is 0 Å². The number of esters is 1. The lowest BCUT2D eigenvalue weighted by Crippen LogP contribution is -2.16. The Kier molecular flexibility index (Phi) is 5.96. The van der Waals surface area contributed by atoms with Gasteiger partial charge in [0.05, 0.1) is 12.7 Å². The van der Waals surface area contributed by atoms with Crippen molar-refractivity contribution in [1.82, 2.24) is 0 Å².